The van der Waals surface area contributed by atoms with Crippen molar-refractivity contribution in [3.63, 3.8) is 0 Å². The molecule has 1 aliphatic heterocycles. The largest absolute Gasteiger partial charge is 0.456 e. The van der Waals surface area contributed by atoms with Crippen molar-refractivity contribution in [2.24, 2.45) is 0 Å². The van der Waals surface area contributed by atoms with Crippen LogP contribution in [0.3, 0.4) is 0 Å². The molecule has 0 bridgehead atoms. The Labute approximate surface area is 212 Å². The van der Waals surface area contributed by atoms with E-state index in [1.165, 1.54) is 16.3 Å². The average Bonchev–Trinajstić information content (AvgIpc) is 3.52. The first-order valence-corrected chi connectivity index (χ1v) is 12.3. The lowest BCUT2D eigenvalue weighted by atomic mass is 10.1. The van der Waals surface area contributed by atoms with Gasteiger partial charge in [-0.05, 0) is 59.3 Å². The molecule has 0 aliphatic carbocycles. The van der Waals surface area contributed by atoms with Gasteiger partial charge in [-0.15, -0.1) is 0 Å². The smallest absolute Gasteiger partial charge is 0.159 e. The second kappa shape index (κ2) is 7.73. The van der Waals surface area contributed by atoms with Crippen LogP contribution in [-0.2, 0) is 6.54 Å². The Kier molecular flexibility index (Phi) is 4.22. The molecule has 4 heterocycles. The summed E-state index contributed by atoms with van der Waals surface area (Å²) in [5.74, 6) is 0.912. The third-order valence-electron chi connectivity index (χ3n) is 7.20. The number of fused-ring (bicyclic) bond motifs is 7. The summed E-state index contributed by atoms with van der Waals surface area (Å²) in [6.45, 7) is 0.740. The fraction of sp³-hybridized carbons (Fsp3) is 0.0312. The van der Waals surface area contributed by atoms with E-state index in [9.17, 15) is 0 Å². The van der Waals surface area contributed by atoms with Gasteiger partial charge in [0.2, 0.25) is 0 Å². The van der Waals surface area contributed by atoms with E-state index in [4.69, 9.17) is 8.83 Å². The highest BCUT2D eigenvalue weighted by Gasteiger charge is 2.22. The molecule has 1 N–H and O–H groups in total. The maximum absolute atomic E-state index is 6.44. The number of nitrogens with zero attached hydrogens (tertiary/aromatic N) is 2. The summed E-state index contributed by atoms with van der Waals surface area (Å²) >= 11 is 0. The number of nitrogens with one attached hydrogen (secondary N) is 1. The standard InChI is InChI=1S/C32H21N3O2/c1-2-5-21-16-22(9-8-20(21)4-1)35(23-10-11-29-25(17-23)27-19-34-14-12-30(27)36-29)28-7-3-6-24-26-18-33-15-13-31(26)37-32(24)28/h1-18,34H,19H2. The van der Waals surface area contributed by atoms with Gasteiger partial charge in [-0.2, -0.15) is 0 Å². The van der Waals surface area contributed by atoms with Gasteiger partial charge < -0.3 is 19.1 Å². The van der Waals surface area contributed by atoms with Gasteiger partial charge in [0.1, 0.15) is 16.9 Å². The van der Waals surface area contributed by atoms with Crippen LogP contribution >= 0.6 is 0 Å². The van der Waals surface area contributed by atoms with E-state index in [0.29, 0.717) is 0 Å². The molecule has 0 fully saturated rings. The molecular formula is C32H21N3O2. The third-order valence-corrected chi connectivity index (χ3v) is 7.20. The molecule has 0 spiro atoms. The van der Waals surface area contributed by atoms with Gasteiger partial charge in [-0.25, -0.2) is 0 Å². The lowest BCUT2D eigenvalue weighted by Crippen LogP contribution is -2.11. The van der Waals surface area contributed by atoms with Gasteiger partial charge in [0, 0.05) is 58.2 Å². The highest BCUT2D eigenvalue weighted by atomic mass is 16.3. The summed E-state index contributed by atoms with van der Waals surface area (Å²) in [6, 6.07) is 29.6. The maximum Gasteiger partial charge on any atom is 0.159 e. The molecule has 1 aliphatic rings. The van der Waals surface area contributed by atoms with Crippen molar-refractivity contribution in [3.8, 4) is 0 Å². The SMILES string of the molecule is C1=Cc2oc3ccc(N(c4ccc5ccccc5c4)c4cccc5c4oc4ccncc45)cc3c2CN1. The van der Waals surface area contributed by atoms with Crippen molar-refractivity contribution in [1.82, 2.24) is 10.3 Å². The zero-order valence-electron chi connectivity index (χ0n) is 19.8. The summed E-state index contributed by atoms with van der Waals surface area (Å²) in [6.07, 6.45) is 7.56. The van der Waals surface area contributed by atoms with Crippen LogP contribution in [0.1, 0.15) is 11.3 Å². The van der Waals surface area contributed by atoms with Crippen molar-refractivity contribution < 1.29 is 8.83 Å². The Morgan fingerprint density at radius 2 is 1.59 bits per heavy atom. The number of para-hydroxylation sites is 1. The number of hydrogen-bond acceptors (Lipinski definition) is 5. The summed E-state index contributed by atoms with van der Waals surface area (Å²) in [5.41, 5.74) is 6.77. The van der Waals surface area contributed by atoms with E-state index in [-0.39, 0.29) is 0 Å². The molecular weight excluding hydrogens is 458 g/mol. The topological polar surface area (TPSA) is 54.4 Å². The molecule has 0 amide bonds. The van der Waals surface area contributed by atoms with Gasteiger partial charge in [-0.1, -0.05) is 42.5 Å². The normalized spacial score (nSPS) is 12.9. The predicted molar refractivity (Wildman–Crippen MR) is 149 cm³/mol. The molecule has 0 atom stereocenters. The Hall–Kier alpha value is -5.03. The maximum atomic E-state index is 6.44. The van der Waals surface area contributed by atoms with Gasteiger partial charge in [-0.3, -0.25) is 4.98 Å². The minimum atomic E-state index is 0.740. The minimum Gasteiger partial charge on any atom is -0.456 e. The fourth-order valence-corrected chi connectivity index (χ4v) is 5.45. The zero-order chi connectivity index (χ0) is 24.3. The molecule has 37 heavy (non-hydrogen) atoms. The van der Waals surface area contributed by atoms with E-state index in [1.54, 1.807) is 6.20 Å². The molecule has 176 valence electrons. The Morgan fingerprint density at radius 1 is 0.730 bits per heavy atom. The highest BCUT2D eigenvalue weighted by Crippen LogP contribution is 2.43. The Balaban J connectivity index is 1.42. The zero-order valence-corrected chi connectivity index (χ0v) is 19.8. The van der Waals surface area contributed by atoms with E-state index in [1.807, 2.05) is 24.5 Å². The monoisotopic (exact) mass is 479 g/mol. The molecule has 4 aromatic carbocycles. The second-order valence-corrected chi connectivity index (χ2v) is 9.33. The van der Waals surface area contributed by atoms with E-state index >= 15 is 0 Å². The molecule has 0 saturated heterocycles. The molecule has 7 aromatic rings. The summed E-state index contributed by atoms with van der Waals surface area (Å²) in [4.78, 5) is 6.61. The number of benzene rings is 4. The van der Waals surface area contributed by atoms with Crippen LogP contribution in [-0.4, -0.2) is 4.98 Å². The second-order valence-electron chi connectivity index (χ2n) is 9.33. The third kappa shape index (κ3) is 3.07. The van der Waals surface area contributed by atoms with Gasteiger partial charge >= 0.3 is 0 Å². The van der Waals surface area contributed by atoms with E-state index in [0.717, 1.165) is 62.3 Å². The van der Waals surface area contributed by atoms with Crippen molar-refractivity contribution in [3.05, 3.63) is 115 Å². The van der Waals surface area contributed by atoms with E-state index in [2.05, 4.69) is 94.1 Å². The number of pyridine rings is 1. The quantitative estimate of drug-likeness (QED) is 0.276. The number of furan rings is 2. The van der Waals surface area contributed by atoms with Crippen molar-refractivity contribution >= 4 is 66.8 Å². The molecule has 3 aromatic heterocycles. The summed E-state index contributed by atoms with van der Waals surface area (Å²) in [5, 5.41) is 8.86. The fourth-order valence-electron chi connectivity index (χ4n) is 5.45. The Morgan fingerprint density at radius 3 is 2.57 bits per heavy atom. The number of rotatable bonds is 3. The van der Waals surface area contributed by atoms with Crippen LogP contribution in [0.2, 0.25) is 0 Å². The van der Waals surface area contributed by atoms with Crippen LogP contribution in [0.5, 0.6) is 0 Å². The molecule has 0 saturated carbocycles. The minimum absolute atomic E-state index is 0.740. The molecule has 0 unspecified atom stereocenters. The van der Waals surface area contributed by atoms with Gasteiger partial charge in [0.25, 0.3) is 0 Å². The number of hydrogen-bond donors (Lipinski definition) is 1. The van der Waals surface area contributed by atoms with Crippen LogP contribution in [0.15, 0.2) is 112 Å². The van der Waals surface area contributed by atoms with Crippen LogP contribution in [0.4, 0.5) is 17.1 Å². The molecule has 5 nitrogen and oxygen atoms in total. The van der Waals surface area contributed by atoms with Crippen molar-refractivity contribution in [1.29, 1.82) is 0 Å². The predicted octanol–water partition coefficient (Wildman–Crippen LogP) is 8.42. The summed E-state index contributed by atoms with van der Waals surface area (Å²) in [7, 11) is 0. The van der Waals surface area contributed by atoms with Crippen LogP contribution < -0.4 is 10.2 Å². The first-order valence-electron chi connectivity index (χ1n) is 12.3. The molecule has 5 heteroatoms. The first-order chi connectivity index (χ1) is 18.3. The van der Waals surface area contributed by atoms with Crippen molar-refractivity contribution in [2.75, 3.05) is 4.90 Å². The Bertz CT molecular complexity index is 2010. The van der Waals surface area contributed by atoms with Gasteiger partial charge in [0.05, 0.1) is 5.69 Å². The summed E-state index contributed by atoms with van der Waals surface area (Å²) < 4.78 is 12.6. The number of anilines is 3. The number of aromatic nitrogens is 1. The lowest BCUT2D eigenvalue weighted by Gasteiger charge is -2.26. The van der Waals surface area contributed by atoms with Gasteiger partial charge in [0.15, 0.2) is 5.58 Å². The van der Waals surface area contributed by atoms with E-state index < -0.39 is 0 Å². The average molecular weight is 480 g/mol. The molecule has 0 radical (unpaired) electrons. The molecule has 8 rings (SSSR count). The lowest BCUT2D eigenvalue weighted by molar-refractivity contribution is 0.592. The van der Waals surface area contributed by atoms with Crippen molar-refractivity contribution in [2.45, 2.75) is 6.54 Å². The van der Waals surface area contributed by atoms with Crippen LogP contribution in [0.25, 0.3) is 49.8 Å². The van der Waals surface area contributed by atoms with Crippen LogP contribution in [0, 0.1) is 0 Å². The first kappa shape index (κ1) is 20.2. The highest BCUT2D eigenvalue weighted by molar-refractivity contribution is 6.10.